The number of likely N-dealkylation sites (N-methyl/N-ethyl adjacent to an activating group) is 1. The molecular formula is C13H22N2O3. The normalized spacial score (nSPS) is 22.1. The van der Waals surface area contributed by atoms with Crippen molar-refractivity contribution in [2.45, 2.75) is 45.1 Å². The van der Waals surface area contributed by atoms with Gasteiger partial charge >= 0.3 is 12.0 Å². The van der Waals surface area contributed by atoms with Gasteiger partial charge in [-0.05, 0) is 43.4 Å². The van der Waals surface area contributed by atoms with Gasteiger partial charge in [-0.1, -0.05) is 6.92 Å². The molecule has 0 aliphatic heterocycles. The van der Waals surface area contributed by atoms with E-state index in [-0.39, 0.29) is 6.03 Å². The van der Waals surface area contributed by atoms with Crippen LogP contribution in [0.4, 0.5) is 4.79 Å². The Labute approximate surface area is 108 Å². The van der Waals surface area contributed by atoms with Crippen LogP contribution in [0.25, 0.3) is 0 Å². The molecule has 2 N–H and O–H groups in total. The van der Waals surface area contributed by atoms with E-state index in [2.05, 4.69) is 5.32 Å². The molecule has 2 aliphatic carbocycles. The van der Waals surface area contributed by atoms with Gasteiger partial charge in [0.15, 0.2) is 0 Å². The van der Waals surface area contributed by atoms with Crippen LogP contribution >= 0.6 is 0 Å². The highest BCUT2D eigenvalue weighted by Gasteiger charge is 2.53. The summed E-state index contributed by atoms with van der Waals surface area (Å²) in [7, 11) is 1.55. The number of carboxylic acids is 1. The number of urea groups is 1. The van der Waals surface area contributed by atoms with Gasteiger partial charge in [0.2, 0.25) is 0 Å². The summed E-state index contributed by atoms with van der Waals surface area (Å²) in [5.74, 6) is -0.150. The summed E-state index contributed by atoms with van der Waals surface area (Å²) in [5, 5.41) is 11.9. The van der Waals surface area contributed by atoms with E-state index in [9.17, 15) is 9.59 Å². The molecule has 2 fully saturated rings. The number of nitrogens with one attached hydrogen (secondary N) is 1. The monoisotopic (exact) mass is 254 g/mol. The number of carbonyl (C=O) groups is 2. The summed E-state index contributed by atoms with van der Waals surface area (Å²) in [5.41, 5.74) is 0.349. The highest BCUT2D eigenvalue weighted by Crippen LogP contribution is 2.60. The molecule has 2 saturated carbocycles. The summed E-state index contributed by atoms with van der Waals surface area (Å²) in [6, 6.07) is -1.00. The van der Waals surface area contributed by atoms with Crippen molar-refractivity contribution in [3.8, 4) is 0 Å². The fourth-order valence-electron chi connectivity index (χ4n) is 2.72. The number of hydrogen-bond acceptors (Lipinski definition) is 2. The molecule has 0 saturated heterocycles. The molecule has 2 rings (SSSR count). The van der Waals surface area contributed by atoms with Crippen LogP contribution in [0.3, 0.4) is 0 Å². The Morgan fingerprint density at radius 3 is 2.44 bits per heavy atom. The SMILES string of the molecule is CCC(C(=O)O)N(C)C(=O)NCC1(C2CC2)CC1. The predicted molar refractivity (Wildman–Crippen MR) is 67.3 cm³/mol. The summed E-state index contributed by atoms with van der Waals surface area (Å²) in [6.07, 6.45) is 5.42. The molecule has 2 amide bonds. The lowest BCUT2D eigenvalue weighted by molar-refractivity contribution is -0.141. The smallest absolute Gasteiger partial charge is 0.326 e. The van der Waals surface area contributed by atoms with Crippen LogP contribution in [0, 0.1) is 11.3 Å². The first-order chi connectivity index (χ1) is 8.50. The van der Waals surface area contributed by atoms with Crippen LogP contribution in [-0.2, 0) is 4.79 Å². The van der Waals surface area contributed by atoms with Crippen LogP contribution in [-0.4, -0.2) is 41.6 Å². The molecular weight excluding hydrogens is 232 g/mol. The van der Waals surface area contributed by atoms with Crippen molar-refractivity contribution < 1.29 is 14.7 Å². The lowest BCUT2D eigenvalue weighted by atomic mass is 10.0. The Kier molecular flexibility index (Phi) is 3.50. The molecule has 102 valence electrons. The lowest BCUT2D eigenvalue weighted by Crippen LogP contribution is -2.48. The third-order valence-electron chi connectivity index (χ3n) is 4.39. The van der Waals surface area contributed by atoms with E-state index in [1.54, 1.807) is 14.0 Å². The first kappa shape index (κ1) is 13.2. The highest BCUT2D eigenvalue weighted by molar-refractivity contribution is 5.82. The third-order valence-corrected chi connectivity index (χ3v) is 4.39. The molecule has 5 heteroatoms. The number of aliphatic carboxylic acids is 1. The van der Waals surface area contributed by atoms with E-state index in [1.165, 1.54) is 30.6 Å². The molecule has 0 aromatic rings. The van der Waals surface area contributed by atoms with Gasteiger partial charge < -0.3 is 15.3 Å². The number of nitrogens with zero attached hydrogens (tertiary/aromatic N) is 1. The second-order valence-corrected chi connectivity index (χ2v) is 5.67. The Balaban J connectivity index is 1.81. The maximum atomic E-state index is 11.9. The quantitative estimate of drug-likeness (QED) is 0.757. The van der Waals surface area contributed by atoms with Crippen molar-refractivity contribution in [1.29, 1.82) is 0 Å². The summed E-state index contributed by atoms with van der Waals surface area (Å²) >= 11 is 0. The fourth-order valence-corrected chi connectivity index (χ4v) is 2.72. The molecule has 0 bridgehead atoms. The highest BCUT2D eigenvalue weighted by atomic mass is 16.4. The zero-order chi connectivity index (χ0) is 13.3. The van der Waals surface area contributed by atoms with Crippen LogP contribution in [0.5, 0.6) is 0 Å². The average molecular weight is 254 g/mol. The average Bonchev–Trinajstić information content (AvgIpc) is 3.15. The number of hydrogen-bond donors (Lipinski definition) is 2. The van der Waals surface area contributed by atoms with Gasteiger partial charge in [0.25, 0.3) is 0 Å². The van der Waals surface area contributed by atoms with E-state index in [0.29, 0.717) is 18.4 Å². The van der Waals surface area contributed by atoms with Gasteiger partial charge in [0.05, 0.1) is 0 Å². The summed E-state index contributed by atoms with van der Waals surface area (Å²) in [6.45, 7) is 2.48. The topological polar surface area (TPSA) is 69.6 Å². The molecule has 0 aromatic carbocycles. The van der Waals surface area contributed by atoms with Gasteiger partial charge in [-0.25, -0.2) is 9.59 Å². The van der Waals surface area contributed by atoms with Crippen molar-refractivity contribution in [2.24, 2.45) is 11.3 Å². The lowest BCUT2D eigenvalue weighted by Gasteiger charge is -2.25. The molecule has 2 aliphatic rings. The minimum atomic E-state index is -0.946. The number of rotatable bonds is 6. The van der Waals surface area contributed by atoms with E-state index < -0.39 is 12.0 Å². The predicted octanol–water partition coefficient (Wildman–Crippen LogP) is 1.68. The van der Waals surface area contributed by atoms with Crippen molar-refractivity contribution in [2.75, 3.05) is 13.6 Å². The molecule has 18 heavy (non-hydrogen) atoms. The second kappa shape index (κ2) is 4.78. The van der Waals surface area contributed by atoms with Crippen molar-refractivity contribution in [1.82, 2.24) is 10.2 Å². The first-order valence-corrected chi connectivity index (χ1v) is 6.73. The molecule has 0 spiro atoms. The fraction of sp³-hybridized carbons (Fsp3) is 0.846. The minimum absolute atomic E-state index is 0.267. The van der Waals surface area contributed by atoms with Crippen molar-refractivity contribution in [3.63, 3.8) is 0 Å². The molecule has 5 nitrogen and oxygen atoms in total. The van der Waals surface area contributed by atoms with Crippen molar-refractivity contribution in [3.05, 3.63) is 0 Å². The van der Waals surface area contributed by atoms with E-state index in [4.69, 9.17) is 5.11 Å². The van der Waals surface area contributed by atoms with Gasteiger partial charge in [0.1, 0.15) is 6.04 Å². The molecule has 0 radical (unpaired) electrons. The Morgan fingerprint density at radius 1 is 1.44 bits per heavy atom. The number of amides is 2. The third kappa shape index (κ3) is 2.60. The standard InChI is InChI=1S/C13H22N2O3/c1-3-10(11(16)17)15(2)12(18)14-8-13(6-7-13)9-4-5-9/h9-10H,3-8H2,1-2H3,(H,14,18)(H,16,17). The van der Waals surface area contributed by atoms with Crippen LogP contribution < -0.4 is 5.32 Å². The first-order valence-electron chi connectivity index (χ1n) is 6.73. The van der Waals surface area contributed by atoms with Gasteiger partial charge in [-0.3, -0.25) is 0 Å². The summed E-state index contributed by atoms with van der Waals surface area (Å²) < 4.78 is 0. The van der Waals surface area contributed by atoms with Crippen LogP contribution in [0.15, 0.2) is 0 Å². The molecule has 1 unspecified atom stereocenters. The maximum Gasteiger partial charge on any atom is 0.326 e. The van der Waals surface area contributed by atoms with E-state index in [0.717, 1.165) is 5.92 Å². The van der Waals surface area contributed by atoms with Crippen molar-refractivity contribution >= 4 is 12.0 Å². The minimum Gasteiger partial charge on any atom is -0.480 e. The van der Waals surface area contributed by atoms with Gasteiger partial charge in [-0.2, -0.15) is 0 Å². The Hall–Kier alpha value is -1.26. The van der Waals surface area contributed by atoms with Gasteiger partial charge in [-0.15, -0.1) is 0 Å². The van der Waals surface area contributed by atoms with Crippen LogP contribution in [0.2, 0.25) is 0 Å². The largest absolute Gasteiger partial charge is 0.480 e. The second-order valence-electron chi connectivity index (χ2n) is 5.67. The zero-order valence-corrected chi connectivity index (χ0v) is 11.1. The maximum absolute atomic E-state index is 11.9. The van der Waals surface area contributed by atoms with Crippen LogP contribution in [0.1, 0.15) is 39.0 Å². The summed E-state index contributed by atoms with van der Waals surface area (Å²) in [4.78, 5) is 24.2. The van der Waals surface area contributed by atoms with Gasteiger partial charge in [0, 0.05) is 13.6 Å². The molecule has 0 aromatic heterocycles. The Bertz CT molecular complexity index is 348. The number of carboxylic acid groups (broad SMARTS) is 1. The zero-order valence-electron chi connectivity index (χ0n) is 11.1. The number of carbonyl (C=O) groups excluding carboxylic acids is 1. The van der Waals surface area contributed by atoms with E-state index >= 15 is 0 Å². The molecule has 0 heterocycles. The van der Waals surface area contributed by atoms with E-state index in [1.807, 2.05) is 0 Å². The molecule has 1 atom stereocenters. The Morgan fingerprint density at radius 2 is 2.06 bits per heavy atom.